The number of hydrogen-bond acceptors (Lipinski definition) is 6. The summed E-state index contributed by atoms with van der Waals surface area (Å²) in [6.07, 6.45) is 2.47. The normalized spacial score (nSPS) is 17.7. The average Bonchev–Trinajstić information content (AvgIpc) is 3.22. The summed E-state index contributed by atoms with van der Waals surface area (Å²) in [5.74, 6) is 0.0813. The minimum absolute atomic E-state index is 0.0335. The third-order valence-electron chi connectivity index (χ3n) is 5.37. The van der Waals surface area contributed by atoms with Gasteiger partial charge in [0.2, 0.25) is 18.6 Å². The van der Waals surface area contributed by atoms with E-state index in [1.54, 1.807) is 47.4 Å². The average molecular weight is 424 g/mol. The number of fused-ring (bicyclic) bond motifs is 1. The Morgan fingerprint density at radius 1 is 1.03 bits per heavy atom. The van der Waals surface area contributed by atoms with Crippen molar-refractivity contribution in [1.29, 1.82) is 0 Å². The van der Waals surface area contributed by atoms with Crippen LogP contribution in [0, 0.1) is 0 Å². The number of hydrogen-bond donors (Lipinski definition) is 3. The Morgan fingerprint density at radius 3 is 2.68 bits per heavy atom. The molecule has 1 fully saturated rings. The fourth-order valence-electron chi connectivity index (χ4n) is 3.84. The Bertz CT molecular complexity index is 1010. The molecule has 0 spiro atoms. The molecule has 1 unspecified atom stereocenters. The second kappa shape index (κ2) is 9.05. The van der Waals surface area contributed by atoms with Crippen molar-refractivity contribution >= 4 is 29.1 Å². The van der Waals surface area contributed by atoms with Gasteiger partial charge in [0.15, 0.2) is 11.5 Å². The Kier molecular flexibility index (Phi) is 6.03. The molecule has 9 nitrogen and oxygen atoms in total. The fraction of sp³-hybridized carbons (Fsp3) is 0.318. The van der Waals surface area contributed by atoms with Gasteiger partial charge in [0, 0.05) is 11.8 Å². The molecule has 2 aliphatic heterocycles. The van der Waals surface area contributed by atoms with Gasteiger partial charge in [-0.25, -0.2) is 0 Å². The summed E-state index contributed by atoms with van der Waals surface area (Å²) in [4.78, 5) is 38.9. The van der Waals surface area contributed by atoms with E-state index < -0.39 is 11.9 Å². The maximum atomic E-state index is 12.8. The van der Waals surface area contributed by atoms with Crippen molar-refractivity contribution in [2.24, 2.45) is 5.73 Å². The molecular formula is C22H24N4O5. The van der Waals surface area contributed by atoms with Crippen LogP contribution < -0.4 is 25.8 Å². The fourth-order valence-corrected chi connectivity index (χ4v) is 3.84. The predicted molar refractivity (Wildman–Crippen MR) is 114 cm³/mol. The number of primary amides is 1. The summed E-state index contributed by atoms with van der Waals surface area (Å²) >= 11 is 0. The van der Waals surface area contributed by atoms with Crippen molar-refractivity contribution in [1.82, 2.24) is 4.90 Å². The van der Waals surface area contributed by atoms with Crippen molar-refractivity contribution in [2.75, 3.05) is 30.5 Å². The molecule has 0 aromatic heterocycles. The molecule has 4 rings (SSSR count). The number of nitrogens with one attached hydrogen (secondary N) is 2. The van der Waals surface area contributed by atoms with Crippen molar-refractivity contribution in [2.45, 2.75) is 25.3 Å². The van der Waals surface area contributed by atoms with Crippen LogP contribution in [0.1, 0.15) is 29.6 Å². The number of anilines is 2. The predicted octanol–water partition coefficient (Wildman–Crippen LogP) is 1.95. The van der Waals surface area contributed by atoms with Gasteiger partial charge in [-0.1, -0.05) is 18.6 Å². The molecule has 162 valence electrons. The van der Waals surface area contributed by atoms with Crippen LogP contribution in [-0.2, 0) is 9.59 Å². The van der Waals surface area contributed by atoms with Gasteiger partial charge >= 0.3 is 0 Å². The molecule has 0 radical (unpaired) electrons. The second-order valence-electron chi connectivity index (χ2n) is 7.50. The number of amides is 3. The topological polar surface area (TPSA) is 123 Å². The highest BCUT2D eigenvalue weighted by molar-refractivity contribution is 6.10. The van der Waals surface area contributed by atoms with Crippen molar-refractivity contribution < 1.29 is 23.9 Å². The lowest BCUT2D eigenvalue weighted by Gasteiger charge is -2.32. The van der Waals surface area contributed by atoms with Gasteiger partial charge in [-0.3, -0.25) is 19.3 Å². The first-order valence-corrected chi connectivity index (χ1v) is 10.1. The summed E-state index contributed by atoms with van der Waals surface area (Å²) in [7, 11) is 0. The van der Waals surface area contributed by atoms with E-state index >= 15 is 0 Å². The molecule has 1 saturated heterocycles. The molecule has 2 aromatic rings. The lowest BCUT2D eigenvalue weighted by atomic mass is 10.0. The highest BCUT2D eigenvalue weighted by Gasteiger charge is 2.28. The molecule has 0 bridgehead atoms. The lowest BCUT2D eigenvalue weighted by Crippen LogP contribution is -2.50. The van der Waals surface area contributed by atoms with E-state index in [0.29, 0.717) is 41.4 Å². The zero-order valence-electron chi connectivity index (χ0n) is 16.9. The van der Waals surface area contributed by atoms with Crippen LogP contribution in [0.5, 0.6) is 11.5 Å². The van der Waals surface area contributed by atoms with Gasteiger partial charge in [0.25, 0.3) is 5.91 Å². The summed E-state index contributed by atoms with van der Waals surface area (Å²) in [6.45, 7) is 0.814. The molecule has 3 amide bonds. The minimum atomic E-state index is -0.441. The number of carbonyl (C=O) groups is 3. The third kappa shape index (κ3) is 4.77. The van der Waals surface area contributed by atoms with Crippen LogP contribution >= 0.6 is 0 Å². The van der Waals surface area contributed by atoms with Crippen molar-refractivity contribution in [3.8, 4) is 11.5 Å². The molecule has 4 N–H and O–H groups in total. The first-order valence-electron chi connectivity index (χ1n) is 10.1. The van der Waals surface area contributed by atoms with Gasteiger partial charge in [-0.05, 0) is 43.7 Å². The van der Waals surface area contributed by atoms with Gasteiger partial charge in [0.1, 0.15) is 0 Å². The van der Waals surface area contributed by atoms with E-state index in [0.717, 1.165) is 12.8 Å². The molecule has 2 heterocycles. The molecule has 1 atom stereocenters. The zero-order valence-corrected chi connectivity index (χ0v) is 16.9. The van der Waals surface area contributed by atoms with Crippen molar-refractivity contribution in [3.05, 3.63) is 48.0 Å². The monoisotopic (exact) mass is 424 g/mol. The van der Waals surface area contributed by atoms with Crippen LogP contribution in [0.15, 0.2) is 42.5 Å². The summed E-state index contributed by atoms with van der Waals surface area (Å²) < 4.78 is 10.6. The van der Waals surface area contributed by atoms with Crippen LogP contribution in [-0.4, -0.2) is 48.5 Å². The summed E-state index contributed by atoms with van der Waals surface area (Å²) in [5.41, 5.74) is 6.73. The minimum Gasteiger partial charge on any atom is -0.454 e. The number of likely N-dealkylation sites (tertiary alicyclic amines) is 1. The Labute approximate surface area is 179 Å². The zero-order chi connectivity index (χ0) is 21.8. The largest absolute Gasteiger partial charge is 0.454 e. The van der Waals surface area contributed by atoms with Gasteiger partial charge in [-0.15, -0.1) is 0 Å². The van der Waals surface area contributed by atoms with Crippen LogP contribution in [0.2, 0.25) is 0 Å². The molecular weight excluding hydrogens is 400 g/mol. The van der Waals surface area contributed by atoms with Crippen LogP contribution in [0.25, 0.3) is 0 Å². The number of benzene rings is 2. The maximum Gasteiger partial charge on any atom is 0.257 e. The van der Waals surface area contributed by atoms with Crippen molar-refractivity contribution in [3.63, 3.8) is 0 Å². The molecule has 0 saturated carbocycles. The summed E-state index contributed by atoms with van der Waals surface area (Å²) in [6, 6.07) is 11.4. The van der Waals surface area contributed by atoms with Gasteiger partial charge in [0.05, 0.1) is 23.8 Å². The number of rotatable bonds is 6. The van der Waals surface area contributed by atoms with E-state index in [9.17, 15) is 14.4 Å². The first-order chi connectivity index (χ1) is 15.0. The quantitative estimate of drug-likeness (QED) is 0.651. The lowest BCUT2D eigenvalue weighted by molar-refractivity contribution is -0.126. The van der Waals surface area contributed by atoms with Crippen LogP contribution in [0.3, 0.4) is 0 Å². The van der Waals surface area contributed by atoms with Gasteiger partial charge < -0.3 is 25.8 Å². The van der Waals surface area contributed by atoms with Crippen LogP contribution in [0.4, 0.5) is 11.4 Å². The second-order valence-corrected chi connectivity index (χ2v) is 7.50. The number of para-hydroxylation sites is 1. The number of nitrogens with zero attached hydrogens (tertiary/aromatic N) is 1. The SMILES string of the molecule is NC(=O)C1CCCCN1CC(=O)Nc1ccccc1C(=O)Nc1ccc2c(c1)OCO2. The van der Waals surface area contributed by atoms with E-state index in [1.165, 1.54) is 0 Å². The number of nitrogens with two attached hydrogens (primary N) is 1. The standard InChI is InChI=1S/C22H24N4O5/c23-21(28)17-7-3-4-10-26(17)12-20(27)25-16-6-2-1-5-15(16)22(29)24-14-8-9-18-19(11-14)31-13-30-18/h1-2,5-6,8-9,11,17H,3-4,7,10,12-13H2,(H2,23,28)(H,24,29)(H,25,27). The highest BCUT2D eigenvalue weighted by Crippen LogP contribution is 2.34. The number of piperidine rings is 1. The molecule has 31 heavy (non-hydrogen) atoms. The Balaban J connectivity index is 1.43. The highest BCUT2D eigenvalue weighted by atomic mass is 16.7. The van der Waals surface area contributed by atoms with E-state index in [4.69, 9.17) is 15.2 Å². The van der Waals surface area contributed by atoms with Gasteiger partial charge in [-0.2, -0.15) is 0 Å². The first kappa shape index (κ1) is 20.7. The molecule has 0 aliphatic carbocycles. The van der Waals surface area contributed by atoms with E-state index in [-0.39, 0.29) is 25.2 Å². The van der Waals surface area contributed by atoms with E-state index in [1.807, 2.05) is 0 Å². The molecule has 2 aromatic carbocycles. The Morgan fingerprint density at radius 2 is 1.84 bits per heavy atom. The third-order valence-corrected chi connectivity index (χ3v) is 5.37. The van der Waals surface area contributed by atoms with E-state index in [2.05, 4.69) is 10.6 Å². The Hall–Kier alpha value is -3.59. The summed E-state index contributed by atoms with van der Waals surface area (Å²) in [5, 5.41) is 5.59. The smallest absolute Gasteiger partial charge is 0.257 e. The molecule has 9 heteroatoms. The number of carbonyl (C=O) groups excluding carboxylic acids is 3. The molecule has 2 aliphatic rings. The maximum absolute atomic E-state index is 12.8. The number of ether oxygens (including phenoxy) is 2.